The van der Waals surface area contributed by atoms with Crippen LogP contribution in [0.4, 0.5) is 0 Å². The van der Waals surface area contributed by atoms with Crippen LogP contribution in [0.1, 0.15) is 142 Å². The van der Waals surface area contributed by atoms with Crippen molar-refractivity contribution in [2.75, 3.05) is 6.61 Å². The van der Waals surface area contributed by atoms with E-state index in [-0.39, 0.29) is 12.5 Å². The molecule has 3 atom stereocenters. The van der Waals surface area contributed by atoms with E-state index in [9.17, 15) is 20.1 Å². The third-order valence-electron chi connectivity index (χ3n) is 7.14. The van der Waals surface area contributed by atoms with Crippen molar-refractivity contribution < 1.29 is 20.1 Å². The fourth-order valence-corrected chi connectivity index (χ4v) is 4.56. The number of allylic oxidation sites excluding steroid dienone is 8. The second-order valence-corrected chi connectivity index (χ2v) is 11.0. The van der Waals surface area contributed by atoms with E-state index >= 15 is 0 Å². The number of hydrogen-bond acceptors (Lipinski definition) is 4. The van der Waals surface area contributed by atoms with Crippen LogP contribution in [0.3, 0.4) is 0 Å². The number of unbranched alkanes of at least 4 members (excludes halogenated alkanes) is 12. The first-order chi connectivity index (χ1) is 19.6. The van der Waals surface area contributed by atoms with E-state index in [1.165, 1.54) is 51.4 Å². The van der Waals surface area contributed by atoms with Crippen molar-refractivity contribution in [3.63, 3.8) is 0 Å². The van der Waals surface area contributed by atoms with E-state index in [0.29, 0.717) is 12.8 Å². The number of aliphatic hydroxyl groups excluding tert-OH is 3. The van der Waals surface area contributed by atoms with Crippen LogP contribution in [0.2, 0.25) is 0 Å². The Morgan fingerprint density at radius 2 is 1.18 bits per heavy atom. The standard InChI is InChI=1S/C35H63NO4/c1-3-5-7-9-11-13-14-15-16-17-18-19-20-22-24-26-28-30-34(39)36-32(31-37)35(40)33(38)29-27-25-23-21-12-10-8-6-4-2/h6,8,11,13,15-16,21,23,32-33,35,37-38,40H,3-5,7,9-10,12,14,17-20,22,24-31H2,1-2H3,(H,36,39)/b8-6+,13-11-,16-15-,23-21+. The van der Waals surface area contributed by atoms with Crippen LogP contribution < -0.4 is 5.32 Å². The molecule has 5 heteroatoms. The third kappa shape index (κ3) is 25.3. The number of amides is 1. The van der Waals surface area contributed by atoms with Crippen LogP contribution in [0.25, 0.3) is 0 Å². The van der Waals surface area contributed by atoms with Gasteiger partial charge in [-0.2, -0.15) is 0 Å². The summed E-state index contributed by atoms with van der Waals surface area (Å²) in [6.45, 7) is 3.97. The summed E-state index contributed by atoms with van der Waals surface area (Å²) in [5.74, 6) is -0.173. The van der Waals surface area contributed by atoms with Crippen LogP contribution in [0.15, 0.2) is 48.6 Å². The monoisotopic (exact) mass is 561 g/mol. The number of carbonyl (C=O) groups is 1. The van der Waals surface area contributed by atoms with E-state index in [1.807, 2.05) is 0 Å². The van der Waals surface area contributed by atoms with Crippen molar-refractivity contribution >= 4 is 5.91 Å². The SMILES string of the molecule is CC/C=C/CC/C=C/CCCC(O)C(O)C(CO)NC(=O)CCCCCCCCC/C=C\C/C=C\CCCCC. The highest BCUT2D eigenvalue weighted by Crippen LogP contribution is 2.12. The maximum Gasteiger partial charge on any atom is 0.220 e. The summed E-state index contributed by atoms with van der Waals surface area (Å²) in [5, 5.41) is 33.1. The summed E-state index contributed by atoms with van der Waals surface area (Å²) >= 11 is 0. The highest BCUT2D eigenvalue weighted by Gasteiger charge is 2.26. The predicted octanol–water partition coefficient (Wildman–Crippen LogP) is 8.25. The van der Waals surface area contributed by atoms with Crippen LogP contribution in [0.5, 0.6) is 0 Å². The average molecular weight is 562 g/mol. The molecular weight excluding hydrogens is 498 g/mol. The lowest BCUT2D eigenvalue weighted by molar-refractivity contribution is -0.124. The molecule has 0 rings (SSSR count). The fourth-order valence-electron chi connectivity index (χ4n) is 4.56. The second kappa shape index (κ2) is 30.3. The molecule has 0 aromatic carbocycles. The van der Waals surface area contributed by atoms with Crippen molar-refractivity contribution in [3.8, 4) is 0 Å². The van der Waals surface area contributed by atoms with Gasteiger partial charge >= 0.3 is 0 Å². The van der Waals surface area contributed by atoms with Crippen molar-refractivity contribution in [3.05, 3.63) is 48.6 Å². The number of rotatable bonds is 28. The lowest BCUT2D eigenvalue weighted by Crippen LogP contribution is -2.50. The average Bonchev–Trinajstić information content (AvgIpc) is 2.96. The van der Waals surface area contributed by atoms with Crippen LogP contribution in [-0.4, -0.2) is 46.1 Å². The van der Waals surface area contributed by atoms with Crippen LogP contribution in [-0.2, 0) is 4.79 Å². The molecule has 0 fully saturated rings. The molecular formula is C35H63NO4. The van der Waals surface area contributed by atoms with Gasteiger partial charge in [-0.25, -0.2) is 0 Å². The van der Waals surface area contributed by atoms with Gasteiger partial charge in [0.2, 0.25) is 5.91 Å². The molecule has 4 N–H and O–H groups in total. The molecule has 0 saturated carbocycles. The maximum atomic E-state index is 12.3. The first kappa shape index (κ1) is 38.3. The van der Waals surface area contributed by atoms with Gasteiger partial charge in [0, 0.05) is 6.42 Å². The molecule has 0 aliphatic carbocycles. The molecule has 0 aromatic rings. The molecule has 5 nitrogen and oxygen atoms in total. The normalized spacial score (nSPS) is 14.6. The zero-order valence-electron chi connectivity index (χ0n) is 25.9. The molecule has 0 saturated heterocycles. The molecule has 0 radical (unpaired) electrons. The molecule has 3 unspecified atom stereocenters. The minimum Gasteiger partial charge on any atom is -0.394 e. The lowest BCUT2D eigenvalue weighted by atomic mass is 10.0. The molecule has 232 valence electrons. The zero-order chi connectivity index (χ0) is 29.5. The second-order valence-electron chi connectivity index (χ2n) is 11.0. The third-order valence-corrected chi connectivity index (χ3v) is 7.14. The Morgan fingerprint density at radius 1 is 0.650 bits per heavy atom. The largest absolute Gasteiger partial charge is 0.394 e. The van der Waals surface area contributed by atoms with Crippen LogP contribution in [0, 0.1) is 0 Å². The van der Waals surface area contributed by atoms with Crippen molar-refractivity contribution in [1.29, 1.82) is 0 Å². The summed E-state index contributed by atoms with van der Waals surface area (Å²) in [7, 11) is 0. The number of aliphatic hydroxyl groups is 3. The summed E-state index contributed by atoms with van der Waals surface area (Å²) in [4.78, 5) is 12.3. The quantitative estimate of drug-likeness (QED) is 0.0572. The summed E-state index contributed by atoms with van der Waals surface area (Å²) < 4.78 is 0. The van der Waals surface area contributed by atoms with E-state index in [4.69, 9.17) is 0 Å². The van der Waals surface area contributed by atoms with Gasteiger partial charge in [0.1, 0.15) is 6.10 Å². The molecule has 0 aliphatic rings. The molecule has 0 aromatic heterocycles. The van der Waals surface area contributed by atoms with Gasteiger partial charge in [-0.15, -0.1) is 0 Å². The Bertz CT molecular complexity index is 670. The van der Waals surface area contributed by atoms with E-state index in [2.05, 4.69) is 67.8 Å². The minimum absolute atomic E-state index is 0.173. The van der Waals surface area contributed by atoms with Gasteiger partial charge < -0.3 is 20.6 Å². The Morgan fingerprint density at radius 3 is 1.80 bits per heavy atom. The number of carbonyl (C=O) groups excluding carboxylic acids is 1. The number of nitrogens with one attached hydrogen (secondary N) is 1. The van der Waals surface area contributed by atoms with Crippen LogP contribution >= 0.6 is 0 Å². The summed E-state index contributed by atoms with van der Waals surface area (Å²) in [6, 6.07) is -0.834. The Labute approximate surface area is 246 Å². The van der Waals surface area contributed by atoms with E-state index < -0.39 is 18.2 Å². The Kier molecular flexibility index (Phi) is 29.0. The smallest absolute Gasteiger partial charge is 0.220 e. The lowest BCUT2D eigenvalue weighted by Gasteiger charge is -2.26. The van der Waals surface area contributed by atoms with Gasteiger partial charge in [-0.3, -0.25) is 4.79 Å². The molecule has 0 heterocycles. The highest BCUT2D eigenvalue weighted by atomic mass is 16.3. The molecule has 0 aliphatic heterocycles. The van der Waals surface area contributed by atoms with Gasteiger partial charge in [0.15, 0.2) is 0 Å². The van der Waals surface area contributed by atoms with Gasteiger partial charge in [0.25, 0.3) is 0 Å². The summed E-state index contributed by atoms with van der Waals surface area (Å²) in [5.41, 5.74) is 0. The van der Waals surface area contributed by atoms with Gasteiger partial charge in [-0.1, -0.05) is 107 Å². The molecule has 1 amide bonds. The predicted molar refractivity (Wildman–Crippen MR) is 171 cm³/mol. The summed E-state index contributed by atoms with van der Waals surface area (Å²) in [6.07, 6.45) is 36.3. The Balaban J connectivity index is 3.78. The van der Waals surface area contributed by atoms with Gasteiger partial charge in [-0.05, 0) is 77.0 Å². The highest BCUT2D eigenvalue weighted by molar-refractivity contribution is 5.76. The fraction of sp³-hybridized carbons (Fsp3) is 0.743. The first-order valence-electron chi connectivity index (χ1n) is 16.4. The molecule has 0 spiro atoms. The first-order valence-corrected chi connectivity index (χ1v) is 16.4. The topological polar surface area (TPSA) is 89.8 Å². The maximum absolute atomic E-state index is 12.3. The van der Waals surface area contributed by atoms with E-state index in [1.54, 1.807) is 0 Å². The molecule has 40 heavy (non-hydrogen) atoms. The van der Waals surface area contributed by atoms with Crippen molar-refractivity contribution in [2.45, 2.75) is 161 Å². The Hall–Kier alpha value is -1.69. The van der Waals surface area contributed by atoms with Crippen molar-refractivity contribution in [1.82, 2.24) is 5.32 Å². The van der Waals surface area contributed by atoms with E-state index in [0.717, 1.165) is 64.2 Å². The number of hydrogen-bond donors (Lipinski definition) is 4. The molecule has 0 bridgehead atoms. The minimum atomic E-state index is -1.17. The van der Waals surface area contributed by atoms with Gasteiger partial charge in [0.05, 0.1) is 18.8 Å². The zero-order valence-corrected chi connectivity index (χ0v) is 25.9. The van der Waals surface area contributed by atoms with Crippen molar-refractivity contribution in [2.24, 2.45) is 0 Å².